The van der Waals surface area contributed by atoms with Crippen molar-refractivity contribution in [2.45, 2.75) is 27.7 Å². The fraction of sp³-hybridized carbons (Fsp3) is 1.00. The Kier molecular flexibility index (Phi) is 129. The zero-order valence-electron chi connectivity index (χ0n) is 14.1. The van der Waals surface area contributed by atoms with E-state index in [4.69, 9.17) is 15.3 Å². The van der Waals surface area contributed by atoms with Crippen LogP contribution in [0.4, 0.5) is 0 Å². The molecule has 0 atom stereocenters. The summed E-state index contributed by atoms with van der Waals surface area (Å²) in [4.78, 5) is 0. The van der Waals surface area contributed by atoms with Crippen LogP contribution in [0.15, 0.2) is 0 Å². The molecule has 0 rings (SSSR count). The Balaban J connectivity index is -0.0000000163. The normalized spacial score (nSPS) is 6.80. The minimum Gasteiger partial charge on any atom is -0.855 e. The first kappa shape index (κ1) is 50.4. The summed E-state index contributed by atoms with van der Waals surface area (Å²) >= 11 is 0. The minimum atomic E-state index is -4.42. The van der Waals surface area contributed by atoms with Gasteiger partial charge in [-0.1, -0.05) is 20.8 Å². The van der Waals surface area contributed by atoms with Gasteiger partial charge in [0.1, 0.15) is 0 Å². The van der Waals surface area contributed by atoms with E-state index in [2.05, 4.69) is 4.18 Å². The highest BCUT2D eigenvalue weighted by Crippen LogP contribution is 1.80. The van der Waals surface area contributed by atoms with E-state index in [9.17, 15) is 13.0 Å². The largest absolute Gasteiger partial charge is 0.855 e. The van der Waals surface area contributed by atoms with Gasteiger partial charge in [-0.3, -0.25) is 4.18 Å². The van der Waals surface area contributed by atoms with Crippen molar-refractivity contribution < 1.29 is 32.5 Å². The van der Waals surface area contributed by atoms with E-state index in [-0.39, 0.29) is 51.0 Å². The second kappa shape index (κ2) is 51.3. The van der Waals surface area contributed by atoms with Crippen molar-refractivity contribution in [3.05, 3.63) is 0 Å². The molecule has 0 aliphatic carbocycles. The molecule has 0 bridgehead atoms. The Morgan fingerprint density at radius 1 is 0.750 bits per heavy atom. The van der Waals surface area contributed by atoms with Crippen molar-refractivity contribution >= 4 is 10.4 Å². The van der Waals surface area contributed by atoms with Gasteiger partial charge in [0, 0.05) is 0 Å². The Hall–Kier alpha value is -0.410. The molecule has 0 aromatic rings. The van der Waals surface area contributed by atoms with Crippen LogP contribution in [0.2, 0.25) is 0 Å². The van der Waals surface area contributed by atoms with Gasteiger partial charge in [0.15, 0.2) is 0 Å². The molecule has 0 unspecified atom stereocenters. The lowest BCUT2D eigenvalue weighted by Gasteiger charge is -2.02. The van der Waals surface area contributed by atoms with Gasteiger partial charge in [0.2, 0.25) is 10.4 Å². The van der Waals surface area contributed by atoms with Crippen molar-refractivity contribution in [2.75, 3.05) is 26.4 Å². The molecule has 20 heavy (non-hydrogen) atoms. The topological polar surface area (TPSA) is 282 Å². The quantitative estimate of drug-likeness (QED) is 0.364. The zero-order valence-corrected chi connectivity index (χ0v) is 14.9. The summed E-state index contributed by atoms with van der Waals surface area (Å²) < 4.78 is 32.0. The van der Waals surface area contributed by atoms with Crippen molar-refractivity contribution in [3.8, 4) is 0 Å². The third-order valence-electron chi connectivity index (χ3n) is 0.262. The molecule has 0 saturated heterocycles. The molecule has 136 valence electrons. The van der Waals surface area contributed by atoms with E-state index in [0.717, 1.165) is 0 Å². The maximum Gasteiger partial charge on any atom is 0.217 e. The second-order valence-corrected chi connectivity index (χ2v) is 2.73. The number of hydrogen-bond acceptors (Lipinski definition) is 7. The lowest BCUT2D eigenvalue weighted by atomic mass is 10.9. The highest BCUT2D eigenvalue weighted by atomic mass is 32.3. The lowest BCUT2D eigenvalue weighted by Crippen LogP contribution is -2.02. The number of hydrogen-bond donors (Lipinski definition) is 4. The van der Waals surface area contributed by atoms with Crippen LogP contribution in [0.1, 0.15) is 27.7 Å². The van der Waals surface area contributed by atoms with Gasteiger partial charge >= 0.3 is 0 Å². The maximum atomic E-state index is 9.45. The average molecular weight is 332 g/mol. The lowest BCUT2D eigenvalue weighted by molar-refractivity contribution is -0.362. The highest BCUT2D eigenvalue weighted by Gasteiger charge is 1.85. The predicted octanol–water partition coefficient (Wildman–Crippen LogP) is -0.912. The van der Waals surface area contributed by atoms with Crippen LogP contribution in [0.25, 0.3) is 0 Å². The van der Waals surface area contributed by atoms with E-state index in [1.165, 1.54) is 6.92 Å². The third-order valence-corrected chi connectivity index (χ3v) is 0.787. The van der Waals surface area contributed by atoms with Gasteiger partial charge in [-0.15, -0.1) is 19.8 Å². The number of rotatable bonds is 2. The average Bonchev–Trinajstić information content (AvgIpc) is 2.05. The molecular weight excluding hydrogens is 296 g/mol. The summed E-state index contributed by atoms with van der Waals surface area (Å²) in [7, 11) is -4.42. The molecule has 0 radical (unpaired) electrons. The van der Waals surface area contributed by atoms with Crippen molar-refractivity contribution in [2.24, 2.45) is 0 Å². The summed E-state index contributed by atoms with van der Waals surface area (Å²) in [5, 5.41) is 26.8. The molecule has 0 spiro atoms. The fourth-order valence-corrected chi connectivity index (χ4v) is 0.433. The van der Waals surface area contributed by atoms with E-state index in [0.29, 0.717) is 0 Å². The molecule has 0 aliphatic heterocycles. The van der Waals surface area contributed by atoms with Crippen LogP contribution in [0.3, 0.4) is 0 Å². The van der Waals surface area contributed by atoms with Crippen LogP contribution < -0.4 is 39.9 Å². The first-order valence-corrected chi connectivity index (χ1v) is 5.98. The minimum absolute atomic E-state index is 0. The molecular formula is C8H36N4O7S. The van der Waals surface area contributed by atoms with E-state index in [1.807, 2.05) is 0 Å². The third kappa shape index (κ3) is 376. The molecule has 0 fully saturated rings. The van der Waals surface area contributed by atoms with Gasteiger partial charge in [0.05, 0.1) is 6.61 Å². The monoisotopic (exact) mass is 332 g/mol. The van der Waals surface area contributed by atoms with Crippen molar-refractivity contribution in [3.63, 3.8) is 0 Å². The summed E-state index contributed by atoms with van der Waals surface area (Å²) in [5.41, 5.74) is 0. The Morgan fingerprint density at radius 2 is 0.900 bits per heavy atom. The van der Waals surface area contributed by atoms with Crippen LogP contribution in [0.5, 0.6) is 0 Å². The first-order chi connectivity index (χ1) is 7.30. The van der Waals surface area contributed by atoms with E-state index < -0.39 is 10.4 Å². The van der Waals surface area contributed by atoms with Crippen LogP contribution in [-0.2, 0) is 14.6 Å². The second-order valence-electron chi connectivity index (χ2n) is 1.68. The van der Waals surface area contributed by atoms with Crippen LogP contribution >= 0.6 is 0 Å². The molecule has 16 N–H and O–H groups in total. The van der Waals surface area contributed by atoms with Crippen molar-refractivity contribution in [1.82, 2.24) is 24.6 Å². The summed E-state index contributed by atoms with van der Waals surface area (Å²) in [6, 6.07) is 0. The number of quaternary nitrogens is 4. The molecule has 12 heteroatoms. The van der Waals surface area contributed by atoms with Gasteiger partial charge in [-0.05, 0) is 6.92 Å². The van der Waals surface area contributed by atoms with Crippen LogP contribution in [0, 0.1) is 0 Å². The van der Waals surface area contributed by atoms with Crippen LogP contribution in [-0.4, -0.2) is 39.4 Å². The fourth-order valence-electron chi connectivity index (χ4n) is 0.144. The predicted molar refractivity (Wildman–Crippen MR) is 76.9 cm³/mol. The molecule has 0 aliphatic rings. The Bertz CT molecular complexity index is 177. The Morgan fingerprint density at radius 3 is 0.900 bits per heavy atom. The Labute approximate surface area is 122 Å². The van der Waals surface area contributed by atoms with Gasteiger partial charge in [0.25, 0.3) is 0 Å². The molecule has 0 aromatic carbocycles. The molecule has 0 amide bonds. The van der Waals surface area contributed by atoms with E-state index in [1.54, 1.807) is 20.8 Å². The highest BCUT2D eigenvalue weighted by molar-refractivity contribution is 7.80. The SMILES string of the molecule is CCOS(=O)(=O)[O-].CC[O-].CC[O-].CC[O-].[NH4+].[NH4+].[NH4+].[NH4+]. The van der Waals surface area contributed by atoms with Gasteiger partial charge in [-0.2, -0.15) is 0 Å². The first-order valence-electron chi connectivity index (χ1n) is 4.65. The maximum absolute atomic E-state index is 9.45. The smallest absolute Gasteiger partial charge is 0.217 e. The van der Waals surface area contributed by atoms with Gasteiger partial charge in [-0.25, -0.2) is 8.42 Å². The van der Waals surface area contributed by atoms with E-state index >= 15 is 0 Å². The molecule has 11 nitrogen and oxygen atoms in total. The summed E-state index contributed by atoms with van der Waals surface area (Å²) in [6.45, 7) is 6.04. The molecule has 0 saturated carbocycles. The summed E-state index contributed by atoms with van der Waals surface area (Å²) in [6.07, 6.45) is 0. The summed E-state index contributed by atoms with van der Waals surface area (Å²) in [5.74, 6) is 0. The molecule has 0 heterocycles. The zero-order chi connectivity index (χ0) is 14.0. The van der Waals surface area contributed by atoms with Gasteiger partial charge < -0.3 is 44.5 Å². The van der Waals surface area contributed by atoms with Crippen molar-refractivity contribution in [1.29, 1.82) is 0 Å². The standard InChI is InChI=1S/C2H6O4S.3C2H5O.4H3N/c1-2-6-7(3,4)5;3*1-2-3;;;;/h2H2,1H3,(H,3,4,5);3*2H2,1H3;4*1H3/q;3*-1;;;;/p+3. The molecule has 0 aromatic heterocycles.